The third kappa shape index (κ3) is 2.98. The van der Waals surface area contributed by atoms with Crippen LogP contribution in [-0.4, -0.2) is 21.0 Å². The molecule has 1 heterocycles. The topological polar surface area (TPSA) is 98.2 Å². The molecule has 2 rings (SSSR count). The van der Waals surface area contributed by atoms with Crippen LogP contribution >= 0.6 is 0 Å². The fraction of sp³-hybridized carbons (Fsp3) is 0.154. The van der Waals surface area contributed by atoms with Crippen LogP contribution in [0.3, 0.4) is 0 Å². The van der Waals surface area contributed by atoms with Crippen molar-refractivity contribution in [3.05, 3.63) is 41.2 Å². The molecule has 0 aliphatic heterocycles. The summed E-state index contributed by atoms with van der Waals surface area (Å²) in [6, 6.07) is 5.80. The van der Waals surface area contributed by atoms with Gasteiger partial charge in [0.25, 0.3) is 0 Å². The monoisotopic (exact) mass is 258 g/mol. The van der Waals surface area contributed by atoms with Crippen molar-refractivity contribution < 1.29 is 15.0 Å². The van der Waals surface area contributed by atoms with E-state index in [0.717, 1.165) is 11.4 Å². The van der Waals surface area contributed by atoms with Crippen molar-refractivity contribution in [1.29, 1.82) is 0 Å². The number of aryl methyl sites for hydroxylation is 2. The molecule has 0 amide bonds. The molecule has 0 aliphatic rings. The summed E-state index contributed by atoms with van der Waals surface area (Å²) >= 11 is 0. The summed E-state index contributed by atoms with van der Waals surface area (Å²) in [7, 11) is 0. The molecule has 0 saturated heterocycles. The molecule has 2 N–H and O–H groups in total. The normalized spacial score (nSPS) is 10.2. The van der Waals surface area contributed by atoms with Crippen LogP contribution in [0.5, 0.6) is 5.75 Å². The molecule has 2 aromatic rings. The smallest absolute Gasteiger partial charge is 0.335 e. The van der Waals surface area contributed by atoms with Crippen LogP contribution in [0.15, 0.2) is 24.3 Å². The fourth-order valence-corrected chi connectivity index (χ4v) is 1.69. The largest absolute Gasteiger partial charge is 0.872 e. The molecule has 0 saturated carbocycles. The minimum atomic E-state index is -1.25. The van der Waals surface area contributed by atoms with Crippen molar-refractivity contribution in [2.75, 3.05) is 5.32 Å². The van der Waals surface area contributed by atoms with Crippen LogP contribution in [0, 0.1) is 13.8 Å². The van der Waals surface area contributed by atoms with Crippen LogP contribution in [0.25, 0.3) is 0 Å². The SMILES string of the molecule is Cc1cc(C)nc(Nc2ccc([O-])c(C(=O)O)c2)n1. The van der Waals surface area contributed by atoms with Gasteiger partial charge in [0.05, 0.1) is 5.56 Å². The number of nitrogens with zero attached hydrogens (tertiary/aromatic N) is 2. The maximum Gasteiger partial charge on any atom is 0.335 e. The van der Waals surface area contributed by atoms with Crippen LogP contribution < -0.4 is 10.4 Å². The highest BCUT2D eigenvalue weighted by molar-refractivity contribution is 5.92. The molecule has 0 atom stereocenters. The first-order valence-electron chi connectivity index (χ1n) is 5.59. The van der Waals surface area contributed by atoms with Gasteiger partial charge in [-0.3, -0.25) is 0 Å². The molecule has 6 nitrogen and oxygen atoms in total. The van der Waals surface area contributed by atoms with Crippen LogP contribution in [0.1, 0.15) is 21.7 Å². The first kappa shape index (κ1) is 12.8. The molecular weight excluding hydrogens is 246 g/mol. The van der Waals surface area contributed by atoms with Gasteiger partial charge in [-0.25, -0.2) is 14.8 Å². The third-order valence-corrected chi connectivity index (χ3v) is 2.45. The first-order valence-corrected chi connectivity index (χ1v) is 5.59. The molecule has 0 bridgehead atoms. The summed E-state index contributed by atoms with van der Waals surface area (Å²) in [6.07, 6.45) is 0. The maximum absolute atomic E-state index is 11.3. The summed E-state index contributed by atoms with van der Waals surface area (Å²) in [4.78, 5) is 19.2. The Labute approximate surface area is 109 Å². The van der Waals surface area contributed by atoms with Gasteiger partial charge in [-0.05, 0) is 32.0 Å². The van der Waals surface area contributed by atoms with Gasteiger partial charge in [-0.15, -0.1) is 0 Å². The summed E-state index contributed by atoms with van der Waals surface area (Å²) in [5.74, 6) is -1.41. The number of hydrogen-bond donors (Lipinski definition) is 2. The van der Waals surface area contributed by atoms with Gasteiger partial charge in [0.2, 0.25) is 5.95 Å². The van der Waals surface area contributed by atoms with Gasteiger partial charge in [0, 0.05) is 17.1 Å². The Balaban J connectivity index is 2.33. The summed E-state index contributed by atoms with van der Waals surface area (Å²) < 4.78 is 0. The van der Waals surface area contributed by atoms with Crippen molar-refractivity contribution in [3.8, 4) is 5.75 Å². The van der Waals surface area contributed by atoms with Gasteiger partial charge >= 0.3 is 5.97 Å². The highest BCUT2D eigenvalue weighted by Crippen LogP contribution is 2.21. The van der Waals surface area contributed by atoms with Crippen LogP contribution in [0.4, 0.5) is 11.6 Å². The molecule has 0 radical (unpaired) electrons. The van der Waals surface area contributed by atoms with E-state index in [1.54, 1.807) is 0 Å². The number of hydrogen-bond acceptors (Lipinski definition) is 5. The lowest BCUT2D eigenvalue weighted by molar-refractivity contribution is -0.268. The zero-order valence-corrected chi connectivity index (χ0v) is 10.5. The zero-order valence-electron chi connectivity index (χ0n) is 10.5. The van der Waals surface area contributed by atoms with Gasteiger partial charge in [-0.2, -0.15) is 0 Å². The number of aromatic nitrogens is 2. The Morgan fingerprint density at radius 1 is 1.21 bits per heavy atom. The predicted molar refractivity (Wildman–Crippen MR) is 67.6 cm³/mol. The second-order valence-corrected chi connectivity index (χ2v) is 4.12. The Hall–Kier alpha value is -2.63. The van der Waals surface area contributed by atoms with E-state index in [9.17, 15) is 9.90 Å². The molecule has 0 fully saturated rings. The lowest BCUT2D eigenvalue weighted by Gasteiger charge is -2.12. The molecule has 1 aromatic carbocycles. The van der Waals surface area contributed by atoms with E-state index < -0.39 is 11.7 Å². The highest BCUT2D eigenvalue weighted by Gasteiger charge is 2.06. The number of nitrogens with one attached hydrogen (secondary N) is 1. The van der Waals surface area contributed by atoms with E-state index >= 15 is 0 Å². The predicted octanol–water partition coefficient (Wildman–Crippen LogP) is 1.61. The Morgan fingerprint density at radius 3 is 2.42 bits per heavy atom. The van der Waals surface area contributed by atoms with Gasteiger partial charge in [0.1, 0.15) is 0 Å². The summed E-state index contributed by atoms with van der Waals surface area (Å²) in [5.41, 5.74) is 1.78. The van der Waals surface area contributed by atoms with Crippen molar-refractivity contribution in [2.45, 2.75) is 13.8 Å². The van der Waals surface area contributed by atoms with E-state index in [4.69, 9.17) is 5.11 Å². The van der Waals surface area contributed by atoms with E-state index in [-0.39, 0.29) is 5.56 Å². The first-order chi connectivity index (χ1) is 8.95. The molecule has 19 heavy (non-hydrogen) atoms. The Bertz CT molecular complexity index is 621. The van der Waals surface area contributed by atoms with Crippen molar-refractivity contribution >= 4 is 17.6 Å². The van der Waals surface area contributed by atoms with Crippen LogP contribution in [-0.2, 0) is 0 Å². The van der Waals surface area contributed by atoms with Gasteiger partial charge < -0.3 is 15.5 Å². The number of carboxylic acids is 1. The van der Waals surface area contributed by atoms with E-state index in [1.807, 2.05) is 19.9 Å². The molecule has 0 unspecified atom stereocenters. The molecule has 6 heteroatoms. The number of anilines is 2. The fourth-order valence-electron chi connectivity index (χ4n) is 1.69. The third-order valence-electron chi connectivity index (χ3n) is 2.45. The highest BCUT2D eigenvalue weighted by atomic mass is 16.4. The Kier molecular flexibility index (Phi) is 3.33. The number of rotatable bonds is 3. The van der Waals surface area contributed by atoms with E-state index in [1.165, 1.54) is 18.2 Å². The molecule has 98 valence electrons. The molecule has 0 aliphatic carbocycles. The van der Waals surface area contributed by atoms with Crippen LogP contribution in [0.2, 0.25) is 0 Å². The number of aromatic carboxylic acids is 1. The standard InChI is InChI=1S/C13H13N3O3/c1-7-5-8(2)15-13(14-7)16-9-3-4-11(17)10(6-9)12(18)19/h3-6,17H,1-2H3,(H,18,19)(H,14,15,16)/p-1. The minimum absolute atomic E-state index is 0.283. The van der Waals surface area contributed by atoms with Crippen molar-refractivity contribution in [2.24, 2.45) is 0 Å². The van der Waals surface area contributed by atoms with E-state index in [2.05, 4.69) is 15.3 Å². The van der Waals surface area contributed by atoms with E-state index in [0.29, 0.717) is 11.6 Å². The average Bonchev–Trinajstić information content (AvgIpc) is 2.30. The number of carboxylic acid groups (broad SMARTS) is 1. The molecule has 0 spiro atoms. The lowest BCUT2D eigenvalue weighted by Crippen LogP contribution is -2.05. The quantitative estimate of drug-likeness (QED) is 0.867. The second kappa shape index (κ2) is 4.93. The number of benzene rings is 1. The van der Waals surface area contributed by atoms with Crippen molar-refractivity contribution in [3.63, 3.8) is 0 Å². The van der Waals surface area contributed by atoms with Gasteiger partial charge in [-0.1, -0.05) is 11.8 Å². The average molecular weight is 258 g/mol. The number of carbonyl (C=O) groups is 1. The molecule has 1 aromatic heterocycles. The Morgan fingerprint density at radius 2 is 1.84 bits per heavy atom. The molecular formula is C13H12N3O3-. The summed E-state index contributed by atoms with van der Waals surface area (Å²) in [6.45, 7) is 3.67. The minimum Gasteiger partial charge on any atom is -0.872 e. The lowest BCUT2D eigenvalue weighted by atomic mass is 10.2. The van der Waals surface area contributed by atoms with Crippen molar-refractivity contribution in [1.82, 2.24) is 9.97 Å². The van der Waals surface area contributed by atoms with Gasteiger partial charge in [0.15, 0.2) is 0 Å². The maximum atomic E-state index is 11.3. The summed E-state index contributed by atoms with van der Waals surface area (Å²) in [5, 5.41) is 23.1. The second-order valence-electron chi connectivity index (χ2n) is 4.12. The zero-order chi connectivity index (χ0) is 14.0.